The number of rotatable bonds is 7. The Morgan fingerprint density at radius 1 is 1.33 bits per heavy atom. The van der Waals surface area contributed by atoms with Gasteiger partial charge in [-0.3, -0.25) is 9.59 Å². The van der Waals surface area contributed by atoms with E-state index in [2.05, 4.69) is 0 Å². The van der Waals surface area contributed by atoms with Gasteiger partial charge in [-0.1, -0.05) is 6.07 Å². The van der Waals surface area contributed by atoms with Crippen molar-refractivity contribution in [2.75, 3.05) is 26.4 Å². The van der Waals surface area contributed by atoms with Gasteiger partial charge in [0.1, 0.15) is 5.75 Å². The van der Waals surface area contributed by atoms with E-state index in [1.807, 2.05) is 32.0 Å². The lowest BCUT2D eigenvalue weighted by atomic mass is 10.1. The van der Waals surface area contributed by atoms with Crippen LogP contribution in [0.15, 0.2) is 18.2 Å². The maximum Gasteiger partial charge on any atom is 0.305 e. The number of hydrogen-bond donors (Lipinski definition) is 1. The highest BCUT2D eigenvalue weighted by molar-refractivity contribution is 5.77. The molecule has 1 amide bonds. The third-order valence-corrected chi connectivity index (χ3v) is 4.24. The number of hydrogen-bond acceptors (Lipinski definition) is 4. The predicted molar refractivity (Wildman–Crippen MR) is 89.2 cm³/mol. The molecule has 1 heterocycles. The lowest BCUT2D eigenvalue weighted by Crippen LogP contribution is -2.49. The molecule has 6 heteroatoms. The summed E-state index contributed by atoms with van der Waals surface area (Å²) >= 11 is 0. The highest BCUT2D eigenvalue weighted by Crippen LogP contribution is 2.17. The number of aryl methyl sites for hydroxylation is 2. The molecule has 1 aliphatic rings. The van der Waals surface area contributed by atoms with Crippen molar-refractivity contribution in [1.82, 2.24) is 4.90 Å². The van der Waals surface area contributed by atoms with Gasteiger partial charge in [0, 0.05) is 13.0 Å². The number of aliphatic carboxylic acids is 1. The fourth-order valence-corrected chi connectivity index (χ4v) is 2.71. The molecule has 6 nitrogen and oxygen atoms in total. The molecule has 1 N–H and O–H groups in total. The Kier molecular flexibility index (Phi) is 6.61. The SMILES string of the molecule is Cc1ccc(OCCCC(=O)N2CCOCC2CC(=O)O)cc1C. The Hall–Kier alpha value is -2.08. The first-order chi connectivity index (χ1) is 11.5. The molecule has 1 aromatic rings. The monoisotopic (exact) mass is 335 g/mol. The van der Waals surface area contributed by atoms with Gasteiger partial charge in [0.05, 0.1) is 32.3 Å². The number of benzene rings is 1. The van der Waals surface area contributed by atoms with E-state index in [4.69, 9.17) is 14.6 Å². The van der Waals surface area contributed by atoms with Crippen LogP contribution >= 0.6 is 0 Å². The fraction of sp³-hybridized carbons (Fsp3) is 0.556. The number of amides is 1. The summed E-state index contributed by atoms with van der Waals surface area (Å²) in [6, 6.07) is 5.56. The Bertz CT molecular complexity index is 587. The van der Waals surface area contributed by atoms with E-state index in [9.17, 15) is 9.59 Å². The minimum atomic E-state index is -0.915. The first-order valence-electron chi connectivity index (χ1n) is 8.26. The molecule has 1 fully saturated rings. The Labute approximate surface area is 142 Å². The van der Waals surface area contributed by atoms with Crippen molar-refractivity contribution in [2.45, 2.75) is 39.2 Å². The van der Waals surface area contributed by atoms with Crippen molar-refractivity contribution in [3.8, 4) is 5.75 Å². The third-order valence-electron chi connectivity index (χ3n) is 4.24. The van der Waals surface area contributed by atoms with Gasteiger partial charge in [-0.25, -0.2) is 0 Å². The number of morpholine rings is 1. The summed E-state index contributed by atoms with van der Waals surface area (Å²) < 4.78 is 11.0. The Morgan fingerprint density at radius 2 is 2.12 bits per heavy atom. The number of nitrogens with zero attached hydrogens (tertiary/aromatic N) is 1. The second kappa shape index (κ2) is 8.68. The summed E-state index contributed by atoms with van der Waals surface area (Å²) in [6.07, 6.45) is 0.870. The molecule has 0 aliphatic carbocycles. The molecular weight excluding hydrogens is 310 g/mol. The van der Waals surface area contributed by atoms with Crippen molar-refractivity contribution < 1.29 is 24.2 Å². The summed E-state index contributed by atoms with van der Waals surface area (Å²) in [4.78, 5) is 24.8. The predicted octanol–water partition coefficient (Wildman–Crippen LogP) is 2.16. The Morgan fingerprint density at radius 3 is 2.83 bits per heavy atom. The molecular formula is C18H25NO5. The van der Waals surface area contributed by atoms with Crippen LogP contribution < -0.4 is 4.74 Å². The number of carbonyl (C=O) groups excluding carboxylic acids is 1. The number of ether oxygens (including phenoxy) is 2. The maximum absolute atomic E-state index is 12.3. The molecule has 1 aromatic carbocycles. The molecule has 0 aromatic heterocycles. The first kappa shape index (κ1) is 18.3. The van der Waals surface area contributed by atoms with Crippen LogP contribution in [0.3, 0.4) is 0 Å². The smallest absolute Gasteiger partial charge is 0.305 e. The van der Waals surface area contributed by atoms with Gasteiger partial charge in [0.25, 0.3) is 0 Å². The molecule has 132 valence electrons. The van der Waals surface area contributed by atoms with Crippen molar-refractivity contribution >= 4 is 11.9 Å². The molecule has 0 bridgehead atoms. The zero-order valence-electron chi connectivity index (χ0n) is 14.3. The van der Waals surface area contributed by atoms with E-state index in [0.717, 1.165) is 5.75 Å². The number of carboxylic acids is 1. The second-order valence-corrected chi connectivity index (χ2v) is 6.11. The second-order valence-electron chi connectivity index (χ2n) is 6.11. The molecule has 1 unspecified atom stereocenters. The maximum atomic E-state index is 12.3. The van der Waals surface area contributed by atoms with Crippen molar-refractivity contribution in [3.05, 3.63) is 29.3 Å². The van der Waals surface area contributed by atoms with Crippen LogP contribution in [0, 0.1) is 13.8 Å². The molecule has 2 rings (SSSR count). The summed E-state index contributed by atoms with van der Waals surface area (Å²) in [5, 5.41) is 8.93. The van der Waals surface area contributed by atoms with Crippen LogP contribution in [-0.2, 0) is 14.3 Å². The van der Waals surface area contributed by atoms with Gasteiger partial charge in [-0.05, 0) is 43.5 Å². The topological polar surface area (TPSA) is 76.1 Å². The van der Waals surface area contributed by atoms with Crippen molar-refractivity contribution in [3.63, 3.8) is 0 Å². The van der Waals surface area contributed by atoms with Gasteiger partial charge in [0.15, 0.2) is 0 Å². The molecule has 0 spiro atoms. The van der Waals surface area contributed by atoms with Crippen LogP contribution in [0.4, 0.5) is 0 Å². The highest BCUT2D eigenvalue weighted by Gasteiger charge is 2.28. The average Bonchev–Trinajstić information content (AvgIpc) is 2.54. The van der Waals surface area contributed by atoms with E-state index in [-0.39, 0.29) is 25.0 Å². The molecule has 1 atom stereocenters. The van der Waals surface area contributed by atoms with Gasteiger partial charge in [0.2, 0.25) is 5.91 Å². The zero-order valence-corrected chi connectivity index (χ0v) is 14.3. The Balaban J connectivity index is 1.77. The summed E-state index contributed by atoms with van der Waals surface area (Å²) in [5.41, 5.74) is 2.39. The minimum absolute atomic E-state index is 0.0340. The molecule has 24 heavy (non-hydrogen) atoms. The van der Waals surface area contributed by atoms with Crippen LogP contribution in [0.1, 0.15) is 30.4 Å². The van der Waals surface area contributed by atoms with E-state index in [0.29, 0.717) is 32.6 Å². The van der Waals surface area contributed by atoms with Gasteiger partial charge in [-0.2, -0.15) is 0 Å². The normalized spacial score (nSPS) is 17.6. The number of carboxylic acid groups (broad SMARTS) is 1. The fourth-order valence-electron chi connectivity index (χ4n) is 2.71. The van der Waals surface area contributed by atoms with Gasteiger partial charge >= 0.3 is 5.97 Å². The standard InChI is InChI=1S/C18H25NO5/c1-13-5-6-16(10-14(13)2)24-8-3-4-17(20)19-7-9-23-12-15(19)11-18(21)22/h5-6,10,15H,3-4,7-9,11-12H2,1-2H3,(H,21,22). The van der Waals surface area contributed by atoms with Gasteiger partial charge < -0.3 is 19.5 Å². The van der Waals surface area contributed by atoms with Crippen LogP contribution in [0.5, 0.6) is 5.75 Å². The van der Waals surface area contributed by atoms with Gasteiger partial charge in [-0.15, -0.1) is 0 Å². The summed E-state index contributed by atoms with van der Waals surface area (Å²) in [7, 11) is 0. The van der Waals surface area contributed by atoms with E-state index in [1.165, 1.54) is 11.1 Å². The molecule has 1 aliphatic heterocycles. The molecule has 0 saturated carbocycles. The van der Waals surface area contributed by atoms with E-state index in [1.54, 1.807) is 4.90 Å². The quantitative estimate of drug-likeness (QED) is 0.773. The molecule has 0 radical (unpaired) electrons. The third kappa shape index (κ3) is 5.23. The van der Waals surface area contributed by atoms with E-state index < -0.39 is 5.97 Å². The first-order valence-corrected chi connectivity index (χ1v) is 8.26. The largest absolute Gasteiger partial charge is 0.494 e. The lowest BCUT2D eigenvalue weighted by molar-refractivity contribution is -0.146. The van der Waals surface area contributed by atoms with Crippen molar-refractivity contribution in [2.24, 2.45) is 0 Å². The average molecular weight is 335 g/mol. The highest BCUT2D eigenvalue weighted by atomic mass is 16.5. The van der Waals surface area contributed by atoms with Crippen LogP contribution in [0.2, 0.25) is 0 Å². The minimum Gasteiger partial charge on any atom is -0.494 e. The van der Waals surface area contributed by atoms with Crippen molar-refractivity contribution in [1.29, 1.82) is 0 Å². The summed E-state index contributed by atoms with van der Waals surface area (Å²) in [6.45, 7) is 5.75. The van der Waals surface area contributed by atoms with Crippen LogP contribution in [0.25, 0.3) is 0 Å². The number of carbonyl (C=O) groups is 2. The zero-order chi connectivity index (χ0) is 17.5. The summed E-state index contributed by atoms with van der Waals surface area (Å²) in [5.74, 6) is -0.143. The van der Waals surface area contributed by atoms with Crippen LogP contribution in [-0.4, -0.2) is 54.3 Å². The lowest BCUT2D eigenvalue weighted by Gasteiger charge is -2.35. The molecule has 1 saturated heterocycles. The van der Waals surface area contributed by atoms with E-state index >= 15 is 0 Å².